The fraction of sp³-hybridized carbons (Fsp3) is 0.273. The van der Waals surface area contributed by atoms with Crippen LogP contribution in [0.5, 0.6) is 5.75 Å². The van der Waals surface area contributed by atoms with E-state index in [1.54, 1.807) is 0 Å². The summed E-state index contributed by atoms with van der Waals surface area (Å²) in [6, 6.07) is 16.5. The van der Waals surface area contributed by atoms with Gasteiger partial charge in [-0.2, -0.15) is 0 Å². The van der Waals surface area contributed by atoms with Crippen LogP contribution in [-0.4, -0.2) is 34.1 Å². The van der Waals surface area contributed by atoms with Crippen molar-refractivity contribution in [1.29, 1.82) is 0 Å². The molecular weight excluding hydrogens is 322 g/mol. The van der Waals surface area contributed by atoms with Crippen LogP contribution in [-0.2, 0) is 6.54 Å². The van der Waals surface area contributed by atoms with E-state index in [1.165, 1.54) is 5.56 Å². The van der Waals surface area contributed by atoms with E-state index < -0.39 is 0 Å². The van der Waals surface area contributed by atoms with Crippen molar-refractivity contribution in [2.45, 2.75) is 25.5 Å². The van der Waals surface area contributed by atoms with Gasteiger partial charge in [0, 0.05) is 50.0 Å². The second kappa shape index (κ2) is 8.11. The highest BCUT2D eigenvalue weighted by Crippen LogP contribution is 2.31. The summed E-state index contributed by atoms with van der Waals surface area (Å²) < 4.78 is 6.38. The van der Waals surface area contributed by atoms with Crippen LogP contribution in [0.4, 0.5) is 0 Å². The standard InChI is InChI=1S/C22H23N3O/c1-2-6-22(21(5-1)19-7-12-23-13-8-19)26-20-9-14-25(15-10-20)17-18-4-3-11-24-16-18/h1-8,11-13,16,20H,9-10,14-15,17H2. The highest BCUT2D eigenvalue weighted by molar-refractivity contribution is 5.69. The first-order chi connectivity index (χ1) is 12.9. The number of likely N-dealkylation sites (tertiary alicyclic amines) is 1. The van der Waals surface area contributed by atoms with E-state index in [0.717, 1.165) is 49.4 Å². The van der Waals surface area contributed by atoms with Gasteiger partial charge in [0.1, 0.15) is 11.9 Å². The third kappa shape index (κ3) is 4.09. The number of nitrogens with zero attached hydrogens (tertiary/aromatic N) is 3. The van der Waals surface area contributed by atoms with Gasteiger partial charge < -0.3 is 4.74 Å². The third-order valence-corrected chi connectivity index (χ3v) is 4.84. The number of hydrogen-bond donors (Lipinski definition) is 0. The summed E-state index contributed by atoms with van der Waals surface area (Å²) in [6.45, 7) is 3.07. The van der Waals surface area contributed by atoms with Crippen LogP contribution in [0.3, 0.4) is 0 Å². The number of aromatic nitrogens is 2. The lowest BCUT2D eigenvalue weighted by Gasteiger charge is -2.32. The molecule has 0 bridgehead atoms. The van der Waals surface area contributed by atoms with E-state index in [-0.39, 0.29) is 6.10 Å². The molecule has 1 fully saturated rings. The molecule has 1 aliphatic heterocycles. The minimum absolute atomic E-state index is 0.267. The molecule has 2 aromatic heterocycles. The van der Waals surface area contributed by atoms with Crippen molar-refractivity contribution in [2.75, 3.05) is 13.1 Å². The summed E-state index contributed by atoms with van der Waals surface area (Å²) in [5, 5.41) is 0. The number of benzene rings is 1. The van der Waals surface area contributed by atoms with Crippen LogP contribution in [0.25, 0.3) is 11.1 Å². The second-order valence-corrected chi connectivity index (χ2v) is 6.69. The number of para-hydroxylation sites is 1. The maximum atomic E-state index is 6.38. The molecule has 132 valence electrons. The molecule has 0 radical (unpaired) electrons. The molecule has 0 atom stereocenters. The van der Waals surface area contributed by atoms with Crippen molar-refractivity contribution in [1.82, 2.24) is 14.9 Å². The van der Waals surface area contributed by atoms with Gasteiger partial charge in [-0.25, -0.2) is 0 Å². The highest BCUT2D eigenvalue weighted by atomic mass is 16.5. The van der Waals surface area contributed by atoms with Crippen LogP contribution >= 0.6 is 0 Å². The largest absolute Gasteiger partial charge is 0.490 e. The number of ether oxygens (including phenoxy) is 1. The molecular formula is C22H23N3O. The van der Waals surface area contributed by atoms with Crippen molar-refractivity contribution >= 4 is 0 Å². The third-order valence-electron chi connectivity index (χ3n) is 4.84. The van der Waals surface area contributed by atoms with Crippen LogP contribution < -0.4 is 4.74 Å². The zero-order chi connectivity index (χ0) is 17.6. The predicted octanol–water partition coefficient (Wildman–Crippen LogP) is 4.19. The van der Waals surface area contributed by atoms with Crippen LogP contribution in [0.2, 0.25) is 0 Å². The summed E-state index contributed by atoms with van der Waals surface area (Å²) in [4.78, 5) is 10.8. The Morgan fingerprint density at radius 2 is 1.69 bits per heavy atom. The van der Waals surface area contributed by atoms with Crippen molar-refractivity contribution < 1.29 is 4.74 Å². The van der Waals surface area contributed by atoms with Gasteiger partial charge in [0.05, 0.1) is 0 Å². The normalized spacial score (nSPS) is 15.7. The van der Waals surface area contributed by atoms with Crippen LogP contribution in [0, 0.1) is 0 Å². The van der Waals surface area contributed by atoms with E-state index in [9.17, 15) is 0 Å². The monoisotopic (exact) mass is 345 g/mol. The van der Waals surface area contributed by atoms with Gasteiger partial charge in [-0.15, -0.1) is 0 Å². The van der Waals surface area contributed by atoms with E-state index in [0.29, 0.717) is 0 Å². The maximum absolute atomic E-state index is 6.38. The number of hydrogen-bond acceptors (Lipinski definition) is 4. The van der Waals surface area contributed by atoms with Gasteiger partial charge in [0.15, 0.2) is 0 Å². The zero-order valence-corrected chi connectivity index (χ0v) is 14.8. The molecule has 0 spiro atoms. The van der Waals surface area contributed by atoms with E-state index >= 15 is 0 Å². The predicted molar refractivity (Wildman–Crippen MR) is 103 cm³/mol. The lowest BCUT2D eigenvalue weighted by atomic mass is 10.0. The lowest BCUT2D eigenvalue weighted by molar-refractivity contribution is 0.0972. The SMILES string of the molecule is c1cncc(CN2CCC(Oc3ccccc3-c3ccncc3)CC2)c1. The Balaban J connectivity index is 1.38. The average molecular weight is 345 g/mol. The Morgan fingerprint density at radius 3 is 2.46 bits per heavy atom. The fourth-order valence-corrected chi connectivity index (χ4v) is 3.45. The first kappa shape index (κ1) is 16.7. The van der Waals surface area contributed by atoms with Gasteiger partial charge in [0.25, 0.3) is 0 Å². The summed E-state index contributed by atoms with van der Waals surface area (Å²) in [6.07, 6.45) is 9.78. The van der Waals surface area contributed by atoms with Crippen LogP contribution in [0.1, 0.15) is 18.4 Å². The van der Waals surface area contributed by atoms with E-state index in [4.69, 9.17) is 4.74 Å². The van der Waals surface area contributed by atoms with Gasteiger partial charge in [-0.1, -0.05) is 24.3 Å². The minimum Gasteiger partial charge on any atom is -0.490 e. The van der Waals surface area contributed by atoms with Gasteiger partial charge >= 0.3 is 0 Å². The fourth-order valence-electron chi connectivity index (χ4n) is 3.45. The summed E-state index contributed by atoms with van der Waals surface area (Å²) in [5.41, 5.74) is 3.55. The Bertz CT molecular complexity index is 815. The molecule has 1 aliphatic rings. The molecule has 26 heavy (non-hydrogen) atoms. The number of piperidine rings is 1. The summed E-state index contributed by atoms with van der Waals surface area (Å²) >= 11 is 0. The molecule has 4 rings (SSSR count). The van der Waals surface area contributed by atoms with E-state index in [2.05, 4.69) is 39.1 Å². The molecule has 0 amide bonds. The molecule has 0 N–H and O–H groups in total. The molecule has 4 nitrogen and oxygen atoms in total. The van der Waals surface area contributed by atoms with Crippen molar-refractivity contribution in [2.24, 2.45) is 0 Å². The van der Waals surface area contributed by atoms with Gasteiger partial charge in [0.2, 0.25) is 0 Å². The average Bonchev–Trinajstić information content (AvgIpc) is 2.71. The smallest absolute Gasteiger partial charge is 0.127 e. The maximum Gasteiger partial charge on any atom is 0.127 e. The van der Waals surface area contributed by atoms with Crippen molar-refractivity contribution in [3.8, 4) is 16.9 Å². The molecule has 0 unspecified atom stereocenters. The number of rotatable bonds is 5. The lowest BCUT2D eigenvalue weighted by Crippen LogP contribution is -2.37. The van der Waals surface area contributed by atoms with Gasteiger partial charge in [-0.05, 0) is 48.2 Å². The Hall–Kier alpha value is -2.72. The topological polar surface area (TPSA) is 38.2 Å². The second-order valence-electron chi connectivity index (χ2n) is 6.69. The van der Waals surface area contributed by atoms with Crippen molar-refractivity contribution in [3.05, 3.63) is 78.9 Å². The first-order valence-electron chi connectivity index (χ1n) is 9.16. The minimum atomic E-state index is 0.267. The van der Waals surface area contributed by atoms with E-state index in [1.807, 2.05) is 49.1 Å². The van der Waals surface area contributed by atoms with Gasteiger partial charge in [-0.3, -0.25) is 14.9 Å². The summed E-state index contributed by atoms with van der Waals surface area (Å²) in [7, 11) is 0. The molecule has 1 aromatic carbocycles. The number of pyridine rings is 2. The summed E-state index contributed by atoms with van der Waals surface area (Å²) in [5.74, 6) is 0.962. The quantitative estimate of drug-likeness (QED) is 0.695. The molecule has 4 heteroatoms. The Morgan fingerprint density at radius 1 is 0.885 bits per heavy atom. The molecule has 3 heterocycles. The Labute approximate surface area is 154 Å². The molecule has 0 saturated carbocycles. The van der Waals surface area contributed by atoms with Crippen molar-refractivity contribution in [3.63, 3.8) is 0 Å². The highest BCUT2D eigenvalue weighted by Gasteiger charge is 2.21. The first-order valence-corrected chi connectivity index (χ1v) is 9.16. The molecule has 3 aromatic rings. The van der Waals surface area contributed by atoms with Crippen LogP contribution in [0.15, 0.2) is 73.3 Å². The zero-order valence-electron chi connectivity index (χ0n) is 14.8. The molecule has 1 saturated heterocycles. The molecule has 0 aliphatic carbocycles. The Kier molecular flexibility index (Phi) is 5.22.